The molecule has 2 aromatic heterocycles. The molecule has 0 bridgehead atoms. The first-order valence-electron chi connectivity index (χ1n) is 5.59. The Balaban J connectivity index is 1.91. The quantitative estimate of drug-likeness (QED) is 0.801. The van der Waals surface area contributed by atoms with Crippen LogP contribution >= 0.6 is 0 Å². The fourth-order valence-corrected chi connectivity index (χ4v) is 1.96. The van der Waals surface area contributed by atoms with Gasteiger partial charge in [0.25, 0.3) is 5.89 Å². The zero-order chi connectivity index (χ0) is 11.7. The summed E-state index contributed by atoms with van der Waals surface area (Å²) < 4.78 is 5.15. The molecule has 1 saturated heterocycles. The molecular weight excluding hydrogens is 220 g/mol. The van der Waals surface area contributed by atoms with Crippen LogP contribution in [0, 0.1) is 0 Å². The minimum absolute atomic E-state index is 0.169. The monoisotopic (exact) mass is 232 g/mol. The first kappa shape index (κ1) is 10.2. The van der Waals surface area contributed by atoms with E-state index in [1.807, 2.05) is 0 Å². The lowest BCUT2D eigenvalue weighted by molar-refractivity contribution is 0.411. The van der Waals surface area contributed by atoms with Gasteiger partial charge < -0.3 is 14.8 Å². The summed E-state index contributed by atoms with van der Waals surface area (Å²) in [6, 6.07) is 5.01. The first-order chi connectivity index (χ1) is 8.33. The summed E-state index contributed by atoms with van der Waals surface area (Å²) in [4.78, 5) is 18.1. The highest BCUT2D eigenvalue weighted by Gasteiger charge is 2.22. The van der Waals surface area contributed by atoms with Gasteiger partial charge in [0.2, 0.25) is 5.56 Å². The summed E-state index contributed by atoms with van der Waals surface area (Å²) >= 11 is 0. The van der Waals surface area contributed by atoms with Gasteiger partial charge in [-0.2, -0.15) is 4.98 Å². The smallest absolute Gasteiger partial charge is 0.274 e. The Kier molecular flexibility index (Phi) is 2.49. The second-order valence-corrected chi connectivity index (χ2v) is 4.04. The lowest BCUT2D eigenvalue weighted by Gasteiger charge is -2.01. The number of nitrogens with zero attached hydrogens (tertiary/aromatic N) is 2. The molecule has 3 heterocycles. The number of aromatic amines is 1. The SMILES string of the molecule is O=c1cccc(-c2nc(C3CCCN3)no2)[nH]1. The fraction of sp³-hybridized carbons (Fsp3) is 0.364. The van der Waals surface area contributed by atoms with Gasteiger partial charge in [0, 0.05) is 6.07 Å². The van der Waals surface area contributed by atoms with Gasteiger partial charge in [0.15, 0.2) is 5.82 Å². The molecule has 1 aliphatic heterocycles. The van der Waals surface area contributed by atoms with Gasteiger partial charge in [0.05, 0.1) is 6.04 Å². The van der Waals surface area contributed by atoms with Crippen LogP contribution in [0.15, 0.2) is 27.5 Å². The third-order valence-electron chi connectivity index (χ3n) is 2.81. The Bertz CT molecular complexity index is 569. The van der Waals surface area contributed by atoms with Crippen molar-refractivity contribution < 1.29 is 4.52 Å². The Labute approximate surface area is 97.1 Å². The van der Waals surface area contributed by atoms with E-state index >= 15 is 0 Å². The average Bonchev–Trinajstić information content (AvgIpc) is 3.00. The van der Waals surface area contributed by atoms with E-state index < -0.39 is 0 Å². The van der Waals surface area contributed by atoms with Crippen LogP contribution in [0.1, 0.15) is 24.7 Å². The van der Waals surface area contributed by atoms with E-state index in [0.29, 0.717) is 17.4 Å². The highest BCUT2D eigenvalue weighted by Crippen LogP contribution is 2.22. The average molecular weight is 232 g/mol. The summed E-state index contributed by atoms with van der Waals surface area (Å²) in [5, 5.41) is 7.23. The van der Waals surface area contributed by atoms with E-state index in [2.05, 4.69) is 20.4 Å². The van der Waals surface area contributed by atoms with Crippen molar-refractivity contribution in [3.05, 3.63) is 34.4 Å². The van der Waals surface area contributed by atoms with Crippen LogP contribution in [0.2, 0.25) is 0 Å². The molecule has 2 N–H and O–H groups in total. The number of rotatable bonds is 2. The summed E-state index contributed by atoms with van der Waals surface area (Å²) in [5.41, 5.74) is 0.371. The molecule has 2 aromatic rings. The van der Waals surface area contributed by atoms with Crippen molar-refractivity contribution in [2.24, 2.45) is 0 Å². The van der Waals surface area contributed by atoms with Crippen molar-refractivity contribution in [1.29, 1.82) is 0 Å². The number of H-pyrrole nitrogens is 1. The molecule has 1 aliphatic rings. The van der Waals surface area contributed by atoms with Crippen molar-refractivity contribution in [2.45, 2.75) is 18.9 Å². The Morgan fingerprint density at radius 3 is 3.12 bits per heavy atom. The van der Waals surface area contributed by atoms with Crippen molar-refractivity contribution >= 4 is 0 Å². The van der Waals surface area contributed by atoms with Crippen LogP contribution in [-0.4, -0.2) is 21.7 Å². The maximum absolute atomic E-state index is 11.2. The summed E-state index contributed by atoms with van der Waals surface area (Å²) in [6.45, 7) is 0.983. The largest absolute Gasteiger partial charge is 0.332 e. The fourth-order valence-electron chi connectivity index (χ4n) is 1.96. The van der Waals surface area contributed by atoms with Crippen LogP contribution in [0.3, 0.4) is 0 Å². The van der Waals surface area contributed by atoms with Crippen LogP contribution < -0.4 is 10.9 Å². The number of aromatic nitrogens is 3. The molecule has 0 aliphatic carbocycles. The van der Waals surface area contributed by atoms with Gasteiger partial charge in [-0.25, -0.2) is 0 Å². The van der Waals surface area contributed by atoms with Crippen LogP contribution in [0.25, 0.3) is 11.6 Å². The van der Waals surface area contributed by atoms with Crippen molar-refractivity contribution in [1.82, 2.24) is 20.4 Å². The van der Waals surface area contributed by atoms with Gasteiger partial charge >= 0.3 is 0 Å². The first-order valence-corrected chi connectivity index (χ1v) is 5.59. The molecule has 0 radical (unpaired) electrons. The minimum Gasteiger partial charge on any atom is -0.332 e. The molecule has 0 saturated carbocycles. The van der Waals surface area contributed by atoms with Crippen LogP contribution in [0.4, 0.5) is 0 Å². The predicted molar refractivity (Wildman–Crippen MR) is 60.3 cm³/mol. The lowest BCUT2D eigenvalue weighted by atomic mass is 10.2. The molecule has 88 valence electrons. The Hall–Kier alpha value is -1.95. The van der Waals surface area contributed by atoms with Gasteiger partial charge in [-0.05, 0) is 25.5 Å². The second-order valence-electron chi connectivity index (χ2n) is 4.04. The summed E-state index contributed by atoms with van der Waals surface area (Å²) in [6.07, 6.45) is 2.14. The molecule has 1 fully saturated rings. The van der Waals surface area contributed by atoms with Gasteiger partial charge in [-0.15, -0.1) is 0 Å². The van der Waals surface area contributed by atoms with Crippen molar-refractivity contribution in [3.8, 4) is 11.6 Å². The molecule has 1 unspecified atom stereocenters. The maximum Gasteiger partial charge on any atom is 0.274 e. The Morgan fingerprint density at radius 2 is 2.35 bits per heavy atom. The van der Waals surface area contributed by atoms with Crippen LogP contribution in [-0.2, 0) is 0 Å². The number of nitrogens with one attached hydrogen (secondary N) is 2. The number of pyridine rings is 1. The van der Waals surface area contributed by atoms with E-state index in [0.717, 1.165) is 19.4 Å². The molecule has 17 heavy (non-hydrogen) atoms. The zero-order valence-electron chi connectivity index (χ0n) is 9.14. The molecule has 6 heteroatoms. The van der Waals surface area contributed by atoms with E-state index in [9.17, 15) is 4.79 Å². The van der Waals surface area contributed by atoms with Gasteiger partial charge in [0.1, 0.15) is 5.69 Å². The molecule has 0 spiro atoms. The highest BCUT2D eigenvalue weighted by molar-refractivity contribution is 5.45. The summed E-state index contributed by atoms with van der Waals surface area (Å²) in [7, 11) is 0. The van der Waals surface area contributed by atoms with E-state index in [1.54, 1.807) is 12.1 Å². The molecule has 6 nitrogen and oxygen atoms in total. The molecular formula is C11H12N4O2. The third kappa shape index (κ3) is 1.99. The lowest BCUT2D eigenvalue weighted by Crippen LogP contribution is -2.14. The molecule has 1 atom stereocenters. The second kappa shape index (κ2) is 4.14. The van der Waals surface area contributed by atoms with Crippen molar-refractivity contribution in [3.63, 3.8) is 0 Å². The molecule has 0 aromatic carbocycles. The Morgan fingerprint density at radius 1 is 1.41 bits per heavy atom. The predicted octanol–water partition coefficient (Wildman–Crippen LogP) is 0.849. The third-order valence-corrected chi connectivity index (χ3v) is 2.81. The standard InChI is InChI=1S/C11H12N4O2/c16-9-5-1-3-8(13-9)11-14-10(15-17-11)7-4-2-6-12-7/h1,3,5,7,12H,2,4,6H2,(H,13,16). The number of hydrogen-bond acceptors (Lipinski definition) is 5. The number of hydrogen-bond donors (Lipinski definition) is 2. The summed E-state index contributed by atoms with van der Waals surface area (Å²) in [5.74, 6) is 1.01. The van der Waals surface area contributed by atoms with E-state index in [-0.39, 0.29) is 11.6 Å². The molecule has 3 rings (SSSR count). The van der Waals surface area contributed by atoms with E-state index in [4.69, 9.17) is 4.52 Å². The van der Waals surface area contributed by atoms with E-state index in [1.165, 1.54) is 6.07 Å². The molecule has 0 amide bonds. The maximum atomic E-state index is 11.2. The normalized spacial score (nSPS) is 19.6. The minimum atomic E-state index is -0.179. The van der Waals surface area contributed by atoms with Crippen molar-refractivity contribution in [2.75, 3.05) is 6.54 Å². The topological polar surface area (TPSA) is 83.8 Å². The zero-order valence-corrected chi connectivity index (χ0v) is 9.14. The van der Waals surface area contributed by atoms with Crippen LogP contribution in [0.5, 0.6) is 0 Å². The van der Waals surface area contributed by atoms with Gasteiger partial charge in [-0.3, -0.25) is 4.79 Å². The van der Waals surface area contributed by atoms with Gasteiger partial charge in [-0.1, -0.05) is 11.2 Å². The highest BCUT2D eigenvalue weighted by atomic mass is 16.5.